The van der Waals surface area contributed by atoms with Gasteiger partial charge in [-0.2, -0.15) is 13.2 Å². The standard InChI is InChI=1S/C14H16F6N2.ClH/c15-10-8-12(17)11(16)7-9(10)13(1-2-14(18,19)20)22-5-3-21-4-6-22;/h7-8,13,21H,1-6H2;1H/t13-;/m0./s1. The molecule has 0 saturated carbocycles. The molecule has 0 aliphatic carbocycles. The van der Waals surface area contributed by atoms with Crippen LogP contribution < -0.4 is 5.32 Å². The van der Waals surface area contributed by atoms with Gasteiger partial charge in [0, 0.05) is 50.3 Å². The van der Waals surface area contributed by atoms with Crippen LogP contribution >= 0.6 is 12.4 Å². The SMILES string of the molecule is Cl.Fc1cc(F)c([C@H](CCC(F)(F)F)N2CCNCC2)cc1F. The molecule has 1 aromatic carbocycles. The van der Waals surface area contributed by atoms with E-state index < -0.39 is 42.5 Å². The van der Waals surface area contributed by atoms with E-state index in [4.69, 9.17) is 0 Å². The molecule has 1 saturated heterocycles. The van der Waals surface area contributed by atoms with E-state index in [0.717, 1.165) is 0 Å². The average molecular weight is 363 g/mol. The third-order valence-corrected chi connectivity index (χ3v) is 3.69. The predicted molar refractivity (Wildman–Crippen MR) is 76.0 cm³/mol. The summed E-state index contributed by atoms with van der Waals surface area (Å²) in [7, 11) is 0. The van der Waals surface area contributed by atoms with Crippen LogP contribution in [0.5, 0.6) is 0 Å². The second-order valence-electron chi connectivity index (χ2n) is 5.24. The van der Waals surface area contributed by atoms with Gasteiger partial charge in [0.1, 0.15) is 5.82 Å². The molecule has 1 N–H and O–H groups in total. The van der Waals surface area contributed by atoms with Gasteiger partial charge in [-0.1, -0.05) is 0 Å². The van der Waals surface area contributed by atoms with Gasteiger partial charge in [0.05, 0.1) is 0 Å². The van der Waals surface area contributed by atoms with Crippen LogP contribution in [0.1, 0.15) is 24.4 Å². The number of halogens is 7. The normalized spacial score (nSPS) is 17.7. The molecule has 0 radical (unpaired) electrons. The lowest BCUT2D eigenvalue weighted by Gasteiger charge is -2.35. The number of alkyl halides is 3. The molecule has 1 heterocycles. The molecule has 1 aliphatic rings. The molecule has 1 fully saturated rings. The summed E-state index contributed by atoms with van der Waals surface area (Å²) in [4.78, 5) is 1.66. The number of nitrogens with zero attached hydrogens (tertiary/aromatic N) is 1. The molecular weight excluding hydrogens is 346 g/mol. The fraction of sp³-hybridized carbons (Fsp3) is 0.571. The molecule has 1 atom stereocenters. The van der Waals surface area contributed by atoms with Gasteiger partial charge >= 0.3 is 6.18 Å². The van der Waals surface area contributed by atoms with Crippen LogP contribution in [-0.2, 0) is 0 Å². The van der Waals surface area contributed by atoms with Crippen LogP contribution in [0, 0.1) is 17.5 Å². The first-order valence-electron chi connectivity index (χ1n) is 6.94. The highest BCUT2D eigenvalue weighted by molar-refractivity contribution is 5.85. The summed E-state index contributed by atoms with van der Waals surface area (Å²) in [5, 5.41) is 3.04. The molecule has 2 nitrogen and oxygen atoms in total. The predicted octanol–water partition coefficient (Wildman–Crippen LogP) is 3.81. The molecule has 132 valence electrons. The fourth-order valence-electron chi connectivity index (χ4n) is 2.62. The second kappa shape index (κ2) is 8.21. The van der Waals surface area contributed by atoms with Gasteiger partial charge in [-0.25, -0.2) is 13.2 Å². The lowest BCUT2D eigenvalue weighted by atomic mass is 9.98. The number of rotatable bonds is 4. The highest BCUT2D eigenvalue weighted by Gasteiger charge is 2.32. The largest absolute Gasteiger partial charge is 0.389 e. The average Bonchev–Trinajstić information content (AvgIpc) is 2.44. The van der Waals surface area contributed by atoms with Gasteiger partial charge in [-0.3, -0.25) is 4.90 Å². The summed E-state index contributed by atoms with van der Waals surface area (Å²) < 4.78 is 77.8. The molecule has 0 amide bonds. The van der Waals surface area contributed by atoms with E-state index in [1.807, 2.05) is 0 Å². The molecular formula is C14H17ClF6N2. The molecule has 0 aromatic heterocycles. The van der Waals surface area contributed by atoms with Crippen molar-refractivity contribution in [3.63, 3.8) is 0 Å². The van der Waals surface area contributed by atoms with Crippen molar-refractivity contribution in [1.29, 1.82) is 0 Å². The summed E-state index contributed by atoms with van der Waals surface area (Å²) in [6, 6.07) is 0.111. The first kappa shape index (κ1) is 20.1. The summed E-state index contributed by atoms with van der Waals surface area (Å²) >= 11 is 0. The van der Waals surface area contributed by atoms with Gasteiger partial charge < -0.3 is 5.32 Å². The minimum atomic E-state index is -4.39. The Hall–Kier alpha value is -0.990. The van der Waals surface area contributed by atoms with E-state index in [9.17, 15) is 26.3 Å². The summed E-state index contributed by atoms with van der Waals surface area (Å²) in [6.07, 6.45) is -5.90. The Balaban J connectivity index is 0.00000264. The summed E-state index contributed by atoms with van der Waals surface area (Å²) in [6.45, 7) is 1.93. The highest BCUT2D eigenvalue weighted by atomic mass is 35.5. The molecule has 9 heteroatoms. The van der Waals surface area contributed by atoms with E-state index in [2.05, 4.69) is 5.32 Å². The minimum Gasteiger partial charge on any atom is -0.314 e. The van der Waals surface area contributed by atoms with Crippen molar-refractivity contribution in [1.82, 2.24) is 10.2 Å². The Kier molecular flexibility index (Phi) is 7.16. The summed E-state index contributed by atoms with van der Waals surface area (Å²) in [5.41, 5.74) is -0.231. The zero-order chi connectivity index (χ0) is 16.3. The van der Waals surface area contributed by atoms with Gasteiger partial charge in [0.15, 0.2) is 11.6 Å². The van der Waals surface area contributed by atoms with Crippen LogP contribution in [-0.4, -0.2) is 37.3 Å². The number of nitrogens with one attached hydrogen (secondary N) is 1. The van der Waals surface area contributed by atoms with Crippen molar-refractivity contribution < 1.29 is 26.3 Å². The van der Waals surface area contributed by atoms with Crippen molar-refractivity contribution in [2.24, 2.45) is 0 Å². The Morgan fingerprint density at radius 2 is 1.57 bits per heavy atom. The topological polar surface area (TPSA) is 15.3 Å². The Bertz CT molecular complexity index is 517. The minimum absolute atomic E-state index is 0. The van der Waals surface area contributed by atoms with Crippen LogP contribution in [0.25, 0.3) is 0 Å². The maximum Gasteiger partial charge on any atom is 0.389 e. The smallest absolute Gasteiger partial charge is 0.314 e. The third-order valence-electron chi connectivity index (χ3n) is 3.69. The quantitative estimate of drug-likeness (QED) is 0.647. The van der Waals surface area contributed by atoms with Crippen LogP contribution in [0.4, 0.5) is 26.3 Å². The Labute approximate surface area is 136 Å². The molecule has 0 spiro atoms. The molecule has 0 unspecified atom stereocenters. The number of hydrogen-bond acceptors (Lipinski definition) is 2. The molecule has 0 bridgehead atoms. The van der Waals surface area contributed by atoms with E-state index in [1.165, 1.54) is 0 Å². The first-order valence-corrected chi connectivity index (χ1v) is 6.94. The van der Waals surface area contributed by atoms with Gasteiger partial charge in [-0.05, 0) is 12.5 Å². The van der Waals surface area contributed by atoms with Crippen molar-refractivity contribution in [3.05, 3.63) is 35.1 Å². The van der Waals surface area contributed by atoms with Crippen LogP contribution in [0.3, 0.4) is 0 Å². The zero-order valence-corrected chi connectivity index (χ0v) is 12.9. The van der Waals surface area contributed by atoms with E-state index in [0.29, 0.717) is 38.3 Å². The second-order valence-corrected chi connectivity index (χ2v) is 5.24. The van der Waals surface area contributed by atoms with Crippen LogP contribution in [0.15, 0.2) is 12.1 Å². The van der Waals surface area contributed by atoms with E-state index in [1.54, 1.807) is 4.90 Å². The van der Waals surface area contributed by atoms with Crippen molar-refractivity contribution >= 4 is 12.4 Å². The number of piperazine rings is 1. The Morgan fingerprint density at radius 3 is 2.13 bits per heavy atom. The maximum absolute atomic E-state index is 13.9. The lowest BCUT2D eigenvalue weighted by molar-refractivity contribution is -0.138. The highest BCUT2D eigenvalue weighted by Crippen LogP contribution is 2.33. The number of hydrogen-bond donors (Lipinski definition) is 1. The van der Waals surface area contributed by atoms with Crippen molar-refractivity contribution in [3.8, 4) is 0 Å². The van der Waals surface area contributed by atoms with Gasteiger partial charge in [0.25, 0.3) is 0 Å². The molecule has 1 aromatic rings. The van der Waals surface area contributed by atoms with Crippen LogP contribution in [0.2, 0.25) is 0 Å². The van der Waals surface area contributed by atoms with E-state index >= 15 is 0 Å². The van der Waals surface area contributed by atoms with Crippen molar-refractivity contribution in [2.75, 3.05) is 26.2 Å². The maximum atomic E-state index is 13.9. The third kappa shape index (κ3) is 5.54. The molecule has 2 rings (SSSR count). The fourth-order valence-corrected chi connectivity index (χ4v) is 2.62. The molecule has 1 aliphatic heterocycles. The van der Waals surface area contributed by atoms with Crippen molar-refractivity contribution in [2.45, 2.75) is 25.1 Å². The van der Waals surface area contributed by atoms with Gasteiger partial charge in [0.2, 0.25) is 0 Å². The molecule has 23 heavy (non-hydrogen) atoms. The van der Waals surface area contributed by atoms with Gasteiger partial charge in [-0.15, -0.1) is 12.4 Å². The number of benzene rings is 1. The monoisotopic (exact) mass is 362 g/mol. The Morgan fingerprint density at radius 1 is 1.00 bits per heavy atom. The summed E-state index contributed by atoms with van der Waals surface area (Å²) in [5.74, 6) is -3.63. The lowest BCUT2D eigenvalue weighted by Crippen LogP contribution is -2.45. The first-order chi connectivity index (χ1) is 10.3. The van der Waals surface area contributed by atoms with E-state index in [-0.39, 0.29) is 18.0 Å². The zero-order valence-electron chi connectivity index (χ0n) is 12.1.